The van der Waals surface area contributed by atoms with E-state index in [-0.39, 0.29) is 11.7 Å². The zero-order valence-electron chi connectivity index (χ0n) is 14.4. The number of phenolic OH excluding ortho intramolecular Hbond substituents is 1. The Bertz CT molecular complexity index is 1010. The summed E-state index contributed by atoms with van der Waals surface area (Å²) in [4.78, 5) is 17.6. The Labute approximate surface area is 162 Å². The molecular weight excluding hydrogens is 360 g/mol. The van der Waals surface area contributed by atoms with Crippen LogP contribution in [-0.4, -0.2) is 22.8 Å². The molecule has 0 saturated heterocycles. The normalized spacial score (nSPS) is 16.1. The van der Waals surface area contributed by atoms with Gasteiger partial charge in [-0.3, -0.25) is 9.79 Å². The number of amides is 1. The summed E-state index contributed by atoms with van der Waals surface area (Å²) in [5.74, 6) is 0.0252. The molecule has 1 atom stereocenters. The molecule has 1 aliphatic rings. The van der Waals surface area contributed by atoms with Gasteiger partial charge in [0.25, 0.3) is 0 Å². The first-order valence-corrected chi connectivity index (χ1v) is 9.00. The summed E-state index contributed by atoms with van der Waals surface area (Å²) < 4.78 is 0. The van der Waals surface area contributed by atoms with E-state index in [1.165, 1.54) is 0 Å². The number of benzene rings is 3. The predicted molar refractivity (Wildman–Crippen MR) is 108 cm³/mol. The number of carbonyl (C=O) groups excluding carboxylic acids is 1. The van der Waals surface area contributed by atoms with Crippen LogP contribution in [0.1, 0.15) is 16.7 Å². The van der Waals surface area contributed by atoms with Crippen LogP contribution in [0.4, 0.5) is 5.69 Å². The number of aliphatic imine (C=N–C) groups is 1. The number of hydrogen-bond acceptors (Lipinski definition) is 3. The molecule has 0 unspecified atom stereocenters. The number of halogens is 1. The largest absolute Gasteiger partial charge is 0.508 e. The molecule has 0 radical (unpaired) electrons. The van der Waals surface area contributed by atoms with E-state index in [4.69, 9.17) is 16.6 Å². The van der Waals surface area contributed by atoms with E-state index in [2.05, 4.69) is 5.32 Å². The summed E-state index contributed by atoms with van der Waals surface area (Å²) >= 11 is 6.21. The van der Waals surface area contributed by atoms with Gasteiger partial charge in [0.2, 0.25) is 5.91 Å². The molecule has 5 heteroatoms. The highest BCUT2D eigenvalue weighted by Crippen LogP contribution is 2.28. The monoisotopic (exact) mass is 376 g/mol. The van der Waals surface area contributed by atoms with E-state index in [0.29, 0.717) is 17.1 Å². The molecule has 1 amide bonds. The minimum atomic E-state index is -0.587. The van der Waals surface area contributed by atoms with E-state index in [9.17, 15) is 9.90 Å². The Morgan fingerprint density at radius 1 is 1.00 bits per heavy atom. The average molecular weight is 377 g/mol. The lowest BCUT2D eigenvalue weighted by atomic mass is 10.0. The first-order valence-electron chi connectivity index (χ1n) is 8.62. The van der Waals surface area contributed by atoms with Crippen LogP contribution in [0.3, 0.4) is 0 Å². The summed E-state index contributed by atoms with van der Waals surface area (Å²) in [6, 6.07) is 21.4. The summed E-state index contributed by atoms with van der Waals surface area (Å²) in [6.07, 6.45) is 0.435. The molecule has 3 aromatic rings. The number of rotatable bonds is 3. The minimum Gasteiger partial charge on any atom is -0.508 e. The SMILES string of the molecule is O=C1Nc2ccc(Cl)cc2C(c2ccccc2)=N[C@H]1Cc1ccc(O)cc1. The lowest BCUT2D eigenvalue weighted by molar-refractivity contribution is -0.117. The number of aromatic hydroxyl groups is 1. The molecule has 1 aliphatic heterocycles. The van der Waals surface area contributed by atoms with Crippen molar-refractivity contribution in [2.24, 2.45) is 4.99 Å². The molecule has 0 bridgehead atoms. The standard InChI is InChI=1S/C22H17ClN2O2/c23-16-8-11-19-18(13-16)21(15-4-2-1-3-5-15)24-20(22(27)25-19)12-14-6-9-17(26)10-7-14/h1-11,13,20,26H,12H2,(H,25,27)/t20-/m0/s1. The van der Waals surface area contributed by atoms with Crippen molar-refractivity contribution in [1.29, 1.82) is 0 Å². The number of nitrogens with zero attached hydrogens (tertiary/aromatic N) is 1. The number of anilines is 1. The van der Waals surface area contributed by atoms with Crippen LogP contribution in [0, 0.1) is 0 Å². The summed E-state index contributed by atoms with van der Waals surface area (Å²) in [6.45, 7) is 0. The van der Waals surface area contributed by atoms with Crippen molar-refractivity contribution >= 4 is 28.9 Å². The van der Waals surface area contributed by atoms with Gasteiger partial charge in [0.15, 0.2) is 0 Å². The molecule has 0 spiro atoms. The maximum absolute atomic E-state index is 12.8. The van der Waals surface area contributed by atoms with Gasteiger partial charge in [-0.05, 0) is 35.9 Å². The Morgan fingerprint density at radius 3 is 2.48 bits per heavy atom. The molecule has 4 nitrogen and oxygen atoms in total. The third kappa shape index (κ3) is 3.71. The second-order valence-electron chi connectivity index (χ2n) is 6.41. The van der Waals surface area contributed by atoms with Crippen LogP contribution < -0.4 is 5.32 Å². The number of benzodiazepines with no additional fused rings is 1. The number of hydrogen-bond donors (Lipinski definition) is 2. The van der Waals surface area contributed by atoms with E-state index >= 15 is 0 Å². The smallest absolute Gasteiger partial charge is 0.249 e. The van der Waals surface area contributed by atoms with Crippen molar-refractivity contribution in [1.82, 2.24) is 0 Å². The van der Waals surface area contributed by atoms with Crippen molar-refractivity contribution in [3.05, 3.63) is 94.5 Å². The van der Waals surface area contributed by atoms with Crippen LogP contribution in [0.2, 0.25) is 5.02 Å². The molecule has 1 heterocycles. The second-order valence-corrected chi connectivity index (χ2v) is 6.85. The van der Waals surface area contributed by atoms with Gasteiger partial charge in [0.05, 0.1) is 11.4 Å². The predicted octanol–water partition coefficient (Wildman–Crippen LogP) is 4.45. The Balaban J connectivity index is 1.80. The second kappa shape index (κ2) is 7.25. The van der Waals surface area contributed by atoms with E-state index < -0.39 is 6.04 Å². The molecule has 4 rings (SSSR count). The Hall–Kier alpha value is -3.11. The lowest BCUT2D eigenvalue weighted by Crippen LogP contribution is -2.27. The molecule has 27 heavy (non-hydrogen) atoms. The lowest BCUT2D eigenvalue weighted by Gasteiger charge is -2.11. The first kappa shape index (κ1) is 17.3. The maximum atomic E-state index is 12.8. The van der Waals surface area contributed by atoms with Crippen LogP contribution >= 0.6 is 11.6 Å². The van der Waals surface area contributed by atoms with Crippen molar-refractivity contribution in [2.45, 2.75) is 12.5 Å². The molecular formula is C22H17ClN2O2. The number of fused-ring (bicyclic) bond motifs is 1. The molecule has 0 fully saturated rings. The van der Waals surface area contributed by atoms with Crippen LogP contribution in [0.5, 0.6) is 5.75 Å². The zero-order valence-corrected chi connectivity index (χ0v) is 15.1. The highest BCUT2D eigenvalue weighted by molar-refractivity contribution is 6.32. The average Bonchev–Trinajstić information content (AvgIpc) is 2.81. The summed E-state index contributed by atoms with van der Waals surface area (Å²) in [5, 5.41) is 13.0. The quantitative estimate of drug-likeness (QED) is 0.709. The van der Waals surface area contributed by atoms with E-state index in [1.807, 2.05) is 36.4 Å². The molecule has 0 aromatic heterocycles. The molecule has 134 valence electrons. The summed E-state index contributed by atoms with van der Waals surface area (Å²) in [5.41, 5.74) is 4.08. The highest BCUT2D eigenvalue weighted by atomic mass is 35.5. The van der Waals surface area contributed by atoms with Gasteiger partial charge < -0.3 is 10.4 Å². The van der Waals surface area contributed by atoms with Crippen LogP contribution in [0.15, 0.2) is 77.8 Å². The fraction of sp³-hybridized carbons (Fsp3) is 0.0909. The fourth-order valence-corrected chi connectivity index (χ4v) is 3.31. The summed E-state index contributed by atoms with van der Waals surface area (Å²) in [7, 11) is 0. The van der Waals surface area contributed by atoms with Gasteiger partial charge in [-0.2, -0.15) is 0 Å². The molecule has 0 saturated carbocycles. The molecule has 2 N–H and O–H groups in total. The number of carbonyl (C=O) groups is 1. The highest BCUT2D eigenvalue weighted by Gasteiger charge is 2.26. The molecule has 3 aromatic carbocycles. The van der Waals surface area contributed by atoms with Gasteiger partial charge in [0.1, 0.15) is 11.8 Å². The van der Waals surface area contributed by atoms with E-state index in [1.54, 1.807) is 36.4 Å². The van der Waals surface area contributed by atoms with Gasteiger partial charge in [-0.1, -0.05) is 54.1 Å². The van der Waals surface area contributed by atoms with Crippen LogP contribution in [-0.2, 0) is 11.2 Å². The third-order valence-electron chi connectivity index (χ3n) is 4.49. The van der Waals surface area contributed by atoms with Gasteiger partial charge in [-0.25, -0.2) is 0 Å². The topological polar surface area (TPSA) is 61.7 Å². The van der Waals surface area contributed by atoms with Crippen LogP contribution in [0.25, 0.3) is 0 Å². The number of nitrogens with one attached hydrogen (secondary N) is 1. The first-order chi connectivity index (χ1) is 13.1. The van der Waals surface area contributed by atoms with Crippen molar-refractivity contribution < 1.29 is 9.90 Å². The zero-order chi connectivity index (χ0) is 18.8. The third-order valence-corrected chi connectivity index (χ3v) is 4.73. The van der Waals surface area contributed by atoms with Crippen molar-refractivity contribution in [3.8, 4) is 5.75 Å². The Kier molecular flexibility index (Phi) is 4.65. The Morgan fingerprint density at radius 2 is 1.74 bits per heavy atom. The van der Waals surface area contributed by atoms with Crippen molar-refractivity contribution in [2.75, 3.05) is 5.32 Å². The van der Waals surface area contributed by atoms with Gasteiger partial charge in [-0.15, -0.1) is 0 Å². The molecule has 0 aliphatic carbocycles. The minimum absolute atomic E-state index is 0.169. The fourth-order valence-electron chi connectivity index (χ4n) is 3.14. The van der Waals surface area contributed by atoms with Gasteiger partial charge >= 0.3 is 0 Å². The van der Waals surface area contributed by atoms with E-state index in [0.717, 1.165) is 22.4 Å². The van der Waals surface area contributed by atoms with Gasteiger partial charge in [0, 0.05) is 22.6 Å². The maximum Gasteiger partial charge on any atom is 0.249 e. The van der Waals surface area contributed by atoms with Crippen molar-refractivity contribution in [3.63, 3.8) is 0 Å². The number of phenols is 1.